The fourth-order valence-corrected chi connectivity index (χ4v) is 6.50. The highest BCUT2D eigenvalue weighted by Crippen LogP contribution is 2.28. The summed E-state index contributed by atoms with van der Waals surface area (Å²) >= 11 is 12.1. The van der Waals surface area contributed by atoms with Crippen molar-refractivity contribution in [1.29, 1.82) is 0 Å². The van der Waals surface area contributed by atoms with Gasteiger partial charge in [0, 0.05) is 47.6 Å². The predicted octanol–water partition coefficient (Wildman–Crippen LogP) is 6.31. The molecule has 1 aliphatic rings. The second kappa shape index (κ2) is 13.7. The summed E-state index contributed by atoms with van der Waals surface area (Å²) in [5, 5.41) is 7.95. The Morgan fingerprint density at radius 2 is 1.78 bits per heavy atom. The predicted molar refractivity (Wildman–Crippen MR) is 163 cm³/mol. The van der Waals surface area contributed by atoms with Gasteiger partial charge in [0.15, 0.2) is 0 Å². The van der Waals surface area contributed by atoms with Crippen LogP contribution < -0.4 is 15.4 Å². The Balaban J connectivity index is 1.37. The second-order valence-corrected chi connectivity index (χ2v) is 12.9. The van der Waals surface area contributed by atoms with Gasteiger partial charge in [-0.2, -0.15) is 9.97 Å². The molecule has 0 saturated heterocycles. The van der Waals surface area contributed by atoms with Crippen LogP contribution in [0.1, 0.15) is 44.1 Å². The molecule has 4 aromatic rings. The normalized spacial score (nSPS) is 15.0. The van der Waals surface area contributed by atoms with Crippen molar-refractivity contribution in [1.82, 2.24) is 24.2 Å². The fraction of sp³-hybridized carbons (Fsp3) is 0.345. The molecule has 0 radical (unpaired) electrons. The Morgan fingerprint density at radius 1 is 0.976 bits per heavy atom. The van der Waals surface area contributed by atoms with Crippen molar-refractivity contribution < 1.29 is 8.42 Å². The first-order valence-corrected chi connectivity index (χ1v) is 16.0. The zero-order valence-corrected chi connectivity index (χ0v) is 24.8. The fourth-order valence-electron chi connectivity index (χ4n) is 5.08. The molecule has 2 heterocycles. The van der Waals surface area contributed by atoms with Gasteiger partial charge >= 0.3 is 0 Å². The highest BCUT2D eigenvalue weighted by molar-refractivity contribution is 7.89. The summed E-state index contributed by atoms with van der Waals surface area (Å²) in [6, 6.07) is 15.4. The third-order valence-electron chi connectivity index (χ3n) is 7.16. The number of anilines is 2. The van der Waals surface area contributed by atoms with E-state index in [9.17, 15) is 8.42 Å². The molecule has 0 spiro atoms. The third-order valence-corrected chi connectivity index (χ3v) is 9.09. The van der Waals surface area contributed by atoms with Crippen LogP contribution in [0.5, 0.6) is 0 Å². The highest BCUT2D eigenvalue weighted by atomic mass is 35.5. The van der Waals surface area contributed by atoms with Gasteiger partial charge in [-0.1, -0.05) is 67.4 Å². The van der Waals surface area contributed by atoms with Crippen LogP contribution >= 0.6 is 23.2 Å². The van der Waals surface area contributed by atoms with Gasteiger partial charge < -0.3 is 10.6 Å². The molecular weight excluding hydrogens is 581 g/mol. The quantitative estimate of drug-likeness (QED) is 0.171. The number of hydrogen-bond acceptors (Lipinski definition) is 7. The Bertz CT molecular complexity index is 1530. The Kier molecular flexibility index (Phi) is 9.76. The lowest BCUT2D eigenvalue weighted by Crippen LogP contribution is -2.38. The van der Waals surface area contributed by atoms with Crippen LogP contribution in [0.3, 0.4) is 0 Å². The Labute approximate surface area is 250 Å². The van der Waals surface area contributed by atoms with Crippen LogP contribution in [0.15, 0.2) is 78.2 Å². The molecule has 5 rings (SSSR count). The van der Waals surface area contributed by atoms with E-state index in [1.807, 2.05) is 36.5 Å². The summed E-state index contributed by atoms with van der Waals surface area (Å²) < 4.78 is 30.7. The smallest absolute Gasteiger partial charge is 0.240 e. The molecule has 1 atom stereocenters. The number of imidazole rings is 1. The minimum Gasteiger partial charge on any atom is -0.366 e. The number of sulfonamides is 1. The lowest BCUT2D eigenvalue weighted by molar-refractivity contribution is 0.323. The van der Waals surface area contributed by atoms with Crippen molar-refractivity contribution in [3.63, 3.8) is 0 Å². The summed E-state index contributed by atoms with van der Waals surface area (Å²) in [7, 11) is -3.72. The standard InChI is InChI=1S/C29H33Cl2N7O2S/c30-23-9-11-26(12-10-23)41(39,40)34-19-25(16-21-5-2-1-3-6-21)35-27-17-28(38-14-13-32-20-38)37-29(36-27)33-18-22-7-4-8-24(31)15-22/h4,7-15,17,20-21,25,34H,1-3,5-6,16,18-19H2,(H2,33,35,36,37). The molecule has 1 aliphatic carbocycles. The number of hydrogen-bond donors (Lipinski definition) is 3. The molecule has 2 aromatic heterocycles. The second-order valence-electron chi connectivity index (χ2n) is 10.3. The van der Waals surface area contributed by atoms with Crippen molar-refractivity contribution in [2.75, 3.05) is 17.2 Å². The van der Waals surface area contributed by atoms with Gasteiger partial charge in [-0.25, -0.2) is 18.1 Å². The zero-order chi connectivity index (χ0) is 28.7. The molecule has 2 aromatic carbocycles. The Morgan fingerprint density at radius 3 is 2.51 bits per heavy atom. The zero-order valence-electron chi connectivity index (χ0n) is 22.5. The van der Waals surface area contributed by atoms with Crippen LogP contribution in [0.2, 0.25) is 10.0 Å². The van der Waals surface area contributed by atoms with Crippen molar-refractivity contribution in [2.24, 2.45) is 5.92 Å². The molecule has 216 valence electrons. The highest BCUT2D eigenvalue weighted by Gasteiger charge is 2.23. The number of nitrogens with one attached hydrogen (secondary N) is 3. The molecule has 0 aliphatic heterocycles. The largest absolute Gasteiger partial charge is 0.366 e. The third kappa shape index (κ3) is 8.42. The average Bonchev–Trinajstić information content (AvgIpc) is 3.51. The van der Waals surface area contributed by atoms with Crippen molar-refractivity contribution >= 4 is 45.0 Å². The molecule has 1 saturated carbocycles. The maximum atomic E-state index is 13.1. The van der Waals surface area contributed by atoms with Crippen LogP contribution in [0.25, 0.3) is 5.82 Å². The maximum absolute atomic E-state index is 13.1. The van der Waals surface area contributed by atoms with Gasteiger partial charge in [-0.3, -0.25) is 4.57 Å². The van der Waals surface area contributed by atoms with Crippen LogP contribution in [0.4, 0.5) is 11.8 Å². The monoisotopic (exact) mass is 613 g/mol. The van der Waals surface area contributed by atoms with Crippen molar-refractivity contribution in [3.05, 3.63) is 88.9 Å². The average molecular weight is 615 g/mol. The van der Waals surface area contributed by atoms with E-state index in [2.05, 4.69) is 25.3 Å². The number of rotatable bonds is 12. The van der Waals surface area contributed by atoms with E-state index in [1.165, 1.54) is 31.4 Å². The molecule has 41 heavy (non-hydrogen) atoms. The van der Waals surface area contributed by atoms with Crippen LogP contribution in [-0.4, -0.2) is 40.5 Å². The summed E-state index contributed by atoms with van der Waals surface area (Å²) in [5.74, 6) is 2.16. The minimum absolute atomic E-state index is 0.176. The van der Waals surface area contributed by atoms with E-state index < -0.39 is 10.0 Å². The number of benzene rings is 2. The first-order chi connectivity index (χ1) is 19.8. The van der Waals surface area contributed by atoms with E-state index in [4.69, 9.17) is 28.2 Å². The van der Waals surface area contributed by atoms with E-state index in [0.717, 1.165) is 24.8 Å². The molecule has 0 bridgehead atoms. The Hall–Kier alpha value is -3.18. The topological polar surface area (TPSA) is 114 Å². The summed E-state index contributed by atoms with van der Waals surface area (Å²) in [6.07, 6.45) is 11.9. The molecule has 1 fully saturated rings. The van der Waals surface area contributed by atoms with Crippen molar-refractivity contribution in [3.8, 4) is 5.82 Å². The lowest BCUT2D eigenvalue weighted by Gasteiger charge is -2.28. The van der Waals surface area contributed by atoms with Crippen molar-refractivity contribution in [2.45, 2.75) is 56.0 Å². The SMILES string of the molecule is O=S(=O)(NCC(CC1CCCCC1)Nc1cc(-n2ccnc2)nc(NCc2cccc(Cl)c2)n1)c1ccc(Cl)cc1. The molecule has 3 N–H and O–H groups in total. The van der Waals surface area contributed by atoms with E-state index in [0.29, 0.717) is 40.1 Å². The summed E-state index contributed by atoms with van der Waals surface area (Å²) in [5.41, 5.74) is 0.996. The number of aromatic nitrogens is 4. The number of nitrogens with zero attached hydrogens (tertiary/aromatic N) is 4. The van der Waals surface area contributed by atoms with E-state index in [-0.39, 0.29) is 17.5 Å². The molecule has 9 nitrogen and oxygen atoms in total. The van der Waals surface area contributed by atoms with Crippen LogP contribution in [-0.2, 0) is 16.6 Å². The lowest BCUT2D eigenvalue weighted by atomic mass is 9.85. The molecule has 12 heteroatoms. The summed E-state index contributed by atoms with van der Waals surface area (Å²) in [4.78, 5) is 13.7. The van der Waals surface area contributed by atoms with Gasteiger partial charge in [0.1, 0.15) is 18.0 Å². The first-order valence-electron chi connectivity index (χ1n) is 13.7. The molecule has 1 unspecified atom stereocenters. The van der Waals surface area contributed by atoms with Gasteiger partial charge in [0.05, 0.1) is 4.90 Å². The molecular formula is C29H33Cl2N7O2S. The first kappa shape index (κ1) is 29.3. The van der Waals surface area contributed by atoms with Gasteiger partial charge in [-0.05, 0) is 54.3 Å². The minimum atomic E-state index is -3.72. The number of halogens is 2. The van der Waals surface area contributed by atoms with E-state index in [1.54, 1.807) is 29.2 Å². The van der Waals surface area contributed by atoms with Crippen LogP contribution in [0, 0.1) is 5.92 Å². The molecule has 0 amide bonds. The van der Waals surface area contributed by atoms with Gasteiger partial charge in [0.2, 0.25) is 16.0 Å². The van der Waals surface area contributed by atoms with Gasteiger partial charge in [-0.15, -0.1) is 0 Å². The maximum Gasteiger partial charge on any atom is 0.240 e. The van der Waals surface area contributed by atoms with E-state index >= 15 is 0 Å². The summed E-state index contributed by atoms with van der Waals surface area (Å²) in [6.45, 7) is 0.691. The van der Waals surface area contributed by atoms with Gasteiger partial charge in [0.25, 0.3) is 0 Å².